The quantitative estimate of drug-likeness (QED) is 0.833. The predicted octanol–water partition coefficient (Wildman–Crippen LogP) is 4.38. The summed E-state index contributed by atoms with van der Waals surface area (Å²) in [6.45, 7) is 6.02. The van der Waals surface area contributed by atoms with Crippen LogP contribution < -0.4 is 0 Å². The second-order valence-electron chi connectivity index (χ2n) is 6.79. The third-order valence-electron chi connectivity index (χ3n) is 3.85. The van der Waals surface area contributed by atoms with E-state index in [1.54, 1.807) is 12.1 Å². The van der Waals surface area contributed by atoms with Crippen LogP contribution in [0.4, 0.5) is 0 Å². The molecule has 0 saturated carbocycles. The highest BCUT2D eigenvalue weighted by molar-refractivity contribution is 5.89. The summed E-state index contributed by atoms with van der Waals surface area (Å²) < 4.78 is 5.69. The van der Waals surface area contributed by atoms with E-state index in [4.69, 9.17) is 4.74 Å². The van der Waals surface area contributed by atoms with E-state index in [0.717, 1.165) is 5.56 Å². The smallest absolute Gasteiger partial charge is 0.338 e. The molecule has 0 spiro atoms. The molecular formula is C20H24O3. The largest absolute Gasteiger partial charge is 0.458 e. The molecule has 2 atom stereocenters. The summed E-state index contributed by atoms with van der Waals surface area (Å²) in [4.78, 5) is 12.3. The first kappa shape index (κ1) is 17.2. The number of benzene rings is 2. The number of aliphatic hydroxyl groups is 1. The predicted molar refractivity (Wildman–Crippen MR) is 91.1 cm³/mol. The van der Waals surface area contributed by atoms with Crippen LogP contribution in [0.3, 0.4) is 0 Å². The van der Waals surface area contributed by atoms with Gasteiger partial charge in [0.15, 0.2) is 0 Å². The van der Waals surface area contributed by atoms with Gasteiger partial charge < -0.3 is 9.84 Å². The summed E-state index contributed by atoms with van der Waals surface area (Å²) in [7, 11) is 0. The van der Waals surface area contributed by atoms with Gasteiger partial charge in [-0.1, -0.05) is 69.3 Å². The maximum Gasteiger partial charge on any atom is 0.338 e. The molecule has 3 nitrogen and oxygen atoms in total. The van der Waals surface area contributed by atoms with Gasteiger partial charge in [0.25, 0.3) is 0 Å². The first-order valence-electron chi connectivity index (χ1n) is 7.87. The average Bonchev–Trinajstić information content (AvgIpc) is 2.54. The van der Waals surface area contributed by atoms with E-state index in [9.17, 15) is 9.90 Å². The van der Waals surface area contributed by atoms with Gasteiger partial charge in [0, 0.05) is 6.42 Å². The lowest BCUT2D eigenvalue weighted by Gasteiger charge is -2.32. The zero-order valence-electron chi connectivity index (χ0n) is 13.9. The molecule has 23 heavy (non-hydrogen) atoms. The van der Waals surface area contributed by atoms with Gasteiger partial charge in [0.05, 0.1) is 11.7 Å². The second-order valence-corrected chi connectivity index (χ2v) is 6.79. The van der Waals surface area contributed by atoms with E-state index in [0.29, 0.717) is 12.0 Å². The summed E-state index contributed by atoms with van der Waals surface area (Å²) in [5, 5.41) is 10.4. The van der Waals surface area contributed by atoms with Crippen LogP contribution in [-0.4, -0.2) is 17.2 Å². The Hall–Kier alpha value is -2.13. The van der Waals surface area contributed by atoms with E-state index in [2.05, 4.69) is 0 Å². The van der Waals surface area contributed by atoms with Crippen LogP contribution in [0.5, 0.6) is 0 Å². The molecule has 0 amide bonds. The molecule has 0 aromatic heterocycles. The van der Waals surface area contributed by atoms with Crippen LogP contribution in [0, 0.1) is 5.41 Å². The SMILES string of the molecule is CC(C)(C)C(CC(O)c1ccccc1)OC(=O)c1ccccc1. The normalized spacial score (nSPS) is 14.1. The molecule has 1 N–H and O–H groups in total. The van der Waals surface area contributed by atoms with Crippen LogP contribution in [0.1, 0.15) is 49.2 Å². The molecule has 0 heterocycles. The second kappa shape index (κ2) is 7.42. The van der Waals surface area contributed by atoms with Crippen molar-refractivity contribution >= 4 is 5.97 Å². The summed E-state index contributed by atoms with van der Waals surface area (Å²) in [5.74, 6) is -0.356. The van der Waals surface area contributed by atoms with Crippen molar-refractivity contribution in [2.45, 2.75) is 39.4 Å². The zero-order valence-corrected chi connectivity index (χ0v) is 13.9. The van der Waals surface area contributed by atoms with E-state index < -0.39 is 6.10 Å². The highest BCUT2D eigenvalue weighted by Gasteiger charge is 2.31. The fourth-order valence-corrected chi connectivity index (χ4v) is 2.36. The fraction of sp³-hybridized carbons (Fsp3) is 0.350. The molecule has 0 bridgehead atoms. The molecular weight excluding hydrogens is 288 g/mol. The van der Waals surface area contributed by atoms with Crippen LogP contribution in [-0.2, 0) is 4.74 Å². The zero-order chi connectivity index (χ0) is 16.9. The topological polar surface area (TPSA) is 46.5 Å². The Morgan fingerprint density at radius 3 is 2.04 bits per heavy atom. The van der Waals surface area contributed by atoms with Gasteiger partial charge in [-0.15, -0.1) is 0 Å². The van der Waals surface area contributed by atoms with Gasteiger partial charge in [0.2, 0.25) is 0 Å². The van der Waals surface area contributed by atoms with Crippen LogP contribution >= 0.6 is 0 Å². The summed E-state index contributed by atoms with van der Waals surface area (Å²) in [5.41, 5.74) is 1.09. The standard InChI is InChI=1S/C20H24O3/c1-20(2,3)18(14-17(21)15-10-6-4-7-11-15)23-19(22)16-12-8-5-9-13-16/h4-13,17-18,21H,14H2,1-3H3. The Bertz CT molecular complexity index is 614. The van der Waals surface area contributed by atoms with Crippen molar-refractivity contribution in [1.29, 1.82) is 0 Å². The van der Waals surface area contributed by atoms with Crippen molar-refractivity contribution in [2.24, 2.45) is 5.41 Å². The number of carbonyl (C=O) groups excluding carboxylic acids is 1. The third-order valence-corrected chi connectivity index (χ3v) is 3.85. The Kier molecular flexibility index (Phi) is 5.56. The van der Waals surface area contributed by atoms with Crippen molar-refractivity contribution in [3.8, 4) is 0 Å². The molecule has 3 heteroatoms. The van der Waals surface area contributed by atoms with E-state index in [-0.39, 0.29) is 17.5 Å². The molecule has 122 valence electrons. The summed E-state index contributed by atoms with van der Waals surface area (Å²) in [6.07, 6.45) is -0.680. The van der Waals surface area contributed by atoms with Crippen molar-refractivity contribution < 1.29 is 14.6 Å². The maximum absolute atomic E-state index is 12.3. The van der Waals surface area contributed by atoms with Crippen molar-refractivity contribution in [3.63, 3.8) is 0 Å². The molecule has 0 saturated heterocycles. The van der Waals surface area contributed by atoms with E-state index in [1.807, 2.05) is 69.3 Å². The maximum atomic E-state index is 12.3. The number of esters is 1. The first-order chi connectivity index (χ1) is 10.9. The Balaban J connectivity index is 2.10. The van der Waals surface area contributed by atoms with Gasteiger partial charge in [-0.2, -0.15) is 0 Å². The summed E-state index contributed by atoms with van der Waals surface area (Å²) in [6, 6.07) is 18.4. The highest BCUT2D eigenvalue weighted by atomic mass is 16.5. The Morgan fingerprint density at radius 1 is 1.00 bits per heavy atom. The number of carbonyl (C=O) groups is 1. The molecule has 2 aromatic rings. The Morgan fingerprint density at radius 2 is 1.52 bits per heavy atom. The number of rotatable bonds is 5. The summed E-state index contributed by atoms with van der Waals surface area (Å²) >= 11 is 0. The molecule has 0 radical (unpaired) electrons. The van der Waals surface area contributed by atoms with Crippen molar-refractivity contribution in [1.82, 2.24) is 0 Å². The number of hydrogen-bond acceptors (Lipinski definition) is 3. The third kappa shape index (κ3) is 4.93. The minimum absolute atomic E-state index is 0.264. The lowest BCUT2D eigenvalue weighted by molar-refractivity contribution is -0.0242. The van der Waals surface area contributed by atoms with E-state index in [1.165, 1.54) is 0 Å². The highest BCUT2D eigenvalue weighted by Crippen LogP contribution is 2.31. The molecule has 0 fully saturated rings. The monoisotopic (exact) mass is 312 g/mol. The first-order valence-corrected chi connectivity index (χ1v) is 7.87. The lowest BCUT2D eigenvalue weighted by Crippen LogP contribution is -2.33. The molecule has 2 rings (SSSR count). The molecule has 0 aliphatic heterocycles. The van der Waals surface area contributed by atoms with Gasteiger partial charge in [-0.05, 0) is 23.1 Å². The molecule has 2 unspecified atom stereocenters. The van der Waals surface area contributed by atoms with Crippen molar-refractivity contribution in [3.05, 3.63) is 71.8 Å². The minimum Gasteiger partial charge on any atom is -0.458 e. The Labute approximate surface area is 137 Å². The van der Waals surface area contributed by atoms with Gasteiger partial charge in [-0.25, -0.2) is 4.79 Å². The van der Waals surface area contributed by atoms with Gasteiger partial charge >= 0.3 is 5.97 Å². The van der Waals surface area contributed by atoms with Crippen molar-refractivity contribution in [2.75, 3.05) is 0 Å². The molecule has 0 aliphatic rings. The van der Waals surface area contributed by atoms with Crippen LogP contribution in [0.2, 0.25) is 0 Å². The van der Waals surface area contributed by atoms with E-state index >= 15 is 0 Å². The number of aliphatic hydroxyl groups excluding tert-OH is 1. The lowest BCUT2D eigenvalue weighted by atomic mass is 9.84. The van der Waals surface area contributed by atoms with Crippen LogP contribution in [0.15, 0.2) is 60.7 Å². The average molecular weight is 312 g/mol. The number of ether oxygens (including phenoxy) is 1. The molecule has 0 aliphatic carbocycles. The number of hydrogen-bond donors (Lipinski definition) is 1. The molecule has 2 aromatic carbocycles. The van der Waals surface area contributed by atoms with Crippen LogP contribution in [0.25, 0.3) is 0 Å². The van der Waals surface area contributed by atoms with Gasteiger partial charge in [0.1, 0.15) is 6.10 Å². The fourth-order valence-electron chi connectivity index (χ4n) is 2.36. The van der Waals surface area contributed by atoms with Gasteiger partial charge in [-0.3, -0.25) is 0 Å². The minimum atomic E-state index is -0.663.